The molecule has 0 fully saturated rings. The van der Waals surface area contributed by atoms with E-state index in [2.05, 4.69) is 32.6 Å². The molecule has 0 radical (unpaired) electrons. The van der Waals surface area contributed by atoms with Crippen molar-refractivity contribution in [1.82, 2.24) is 14.5 Å². The summed E-state index contributed by atoms with van der Waals surface area (Å²) in [6, 6.07) is 17.7. The summed E-state index contributed by atoms with van der Waals surface area (Å²) >= 11 is 1.34. The van der Waals surface area contributed by atoms with E-state index in [0.29, 0.717) is 34.7 Å². The summed E-state index contributed by atoms with van der Waals surface area (Å²) in [6.07, 6.45) is 0. The van der Waals surface area contributed by atoms with E-state index in [1.807, 2.05) is 61.5 Å². The summed E-state index contributed by atoms with van der Waals surface area (Å²) in [7, 11) is 1.78. The number of amides is 1. The molecule has 0 bridgehead atoms. The predicted octanol–water partition coefficient (Wildman–Crippen LogP) is 4.66. The summed E-state index contributed by atoms with van der Waals surface area (Å²) in [4.78, 5) is 35.3. The van der Waals surface area contributed by atoms with Crippen LogP contribution < -0.4 is 10.5 Å². The van der Waals surface area contributed by atoms with Crippen molar-refractivity contribution in [2.45, 2.75) is 63.7 Å². The lowest BCUT2D eigenvalue weighted by Crippen LogP contribution is -2.41. The second kappa shape index (κ2) is 11.0. The van der Waals surface area contributed by atoms with Crippen molar-refractivity contribution in [3.05, 3.63) is 65.0 Å². The number of thioether (sulfide) groups is 1. The highest BCUT2D eigenvalue weighted by Crippen LogP contribution is 2.25. The van der Waals surface area contributed by atoms with Gasteiger partial charge in [0.25, 0.3) is 5.56 Å². The number of rotatable bonds is 9. The third-order valence-electron chi connectivity index (χ3n) is 5.84. The number of nitrogens with zero attached hydrogens (tertiary/aromatic N) is 4. The van der Waals surface area contributed by atoms with Gasteiger partial charge < -0.3 is 4.90 Å². The van der Waals surface area contributed by atoms with Crippen molar-refractivity contribution < 1.29 is 4.79 Å². The van der Waals surface area contributed by atoms with E-state index in [1.165, 1.54) is 11.8 Å². The lowest BCUT2D eigenvalue weighted by atomic mass is 10.2. The second-order valence-electron chi connectivity index (χ2n) is 8.79. The summed E-state index contributed by atoms with van der Waals surface area (Å²) in [5.41, 5.74) is 1.43. The molecule has 1 atom stereocenters. The monoisotopic (exact) mass is 466 g/mol. The van der Waals surface area contributed by atoms with Crippen molar-refractivity contribution in [3.8, 4) is 0 Å². The highest BCUT2D eigenvalue weighted by molar-refractivity contribution is 8.00. The molecule has 0 spiro atoms. The molecule has 7 heteroatoms. The lowest BCUT2D eigenvalue weighted by molar-refractivity contribution is -0.117. The zero-order valence-electron chi connectivity index (χ0n) is 20.4. The van der Waals surface area contributed by atoms with Crippen LogP contribution in [0.2, 0.25) is 0 Å². The van der Waals surface area contributed by atoms with Crippen molar-refractivity contribution in [2.75, 3.05) is 18.5 Å². The van der Waals surface area contributed by atoms with E-state index in [4.69, 9.17) is 4.98 Å². The molecule has 3 aromatic rings. The maximum Gasteiger partial charge on any atom is 0.262 e. The standard InChI is InChI=1S/C26H34N4O2S/c1-18(2)29(19(3)4)16-17-30-25(32)22-14-10-11-15-23(22)27-26(30)33-20(5)24(31)28(6)21-12-8-7-9-13-21/h7-15,18-20H,16-17H2,1-6H3. The molecule has 0 saturated carbocycles. The largest absolute Gasteiger partial charge is 0.315 e. The average Bonchev–Trinajstić information content (AvgIpc) is 2.80. The van der Waals surface area contributed by atoms with Gasteiger partial charge in [0.2, 0.25) is 5.91 Å². The fourth-order valence-corrected chi connectivity index (χ4v) is 5.05. The second-order valence-corrected chi connectivity index (χ2v) is 10.1. The van der Waals surface area contributed by atoms with Gasteiger partial charge in [-0.1, -0.05) is 42.1 Å². The van der Waals surface area contributed by atoms with Crippen molar-refractivity contribution >= 4 is 34.3 Å². The molecule has 0 saturated heterocycles. The van der Waals surface area contributed by atoms with Crippen molar-refractivity contribution in [1.29, 1.82) is 0 Å². The molecule has 1 aromatic heterocycles. The number of hydrogen-bond donors (Lipinski definition) is 0. The molecule has 0 N–H and O–H groups in total. The van der Waals surface area contributed by atoms with E-state index < -0.39 is 5.25 Å². The number of carbonyl (C=O) groups is 1. The van der Waals surface area contributed by atoms with Gasteiger partial charge >= 0.3 is 0 Å². The molecule has 3 rings (SSSR count). The Morgan fingerprint density at radius 3 is 2.21 bits per heavy atom. The topological polar surface area (TPSA) is 58.4 Å². The minimum absolute atomic E-state index is 0.0360. The number of anilines is 1. The number of fused-ring (bicyclic) bond motifs is 1. The van der Waals surface area contributed by atoms with Crippen LogP contribution in [-0.2, 0) is 11.3 Å². The highest BCUT2D eigenvalue weighted by Gasteiger charge is 2.23. The van der Waals surface area contributed by atoms with Crippen LogP contribution in [0, 0.1) is 0 Å². The van der Waals surface area contributed by atoms with Crippen LogP contribution in [0.25, 0.3) is 10.9 Å². The summed E-state index contributed by atoms with van der Waals surface area (Å²) in [5.74, 6) is -0.0360. The molecular weight excluding hydrogens is 432 g/mol. The first-order valence-corrected chi connectivity index (χ1v) is 12.3. The molecule has 0 aliphatic rings. The summed E-state index contributed by atoms with van der Waals surface area (Å²) in [6.45, 7) is 11.8. The third-order valence-corrected chi connectivity index (χ3v) is 6.92. The minimum atomic E-state index is -0.402. The maximum absolute atomic E-state index is 13.4. The van der Waals surface area contributed by atoms with Crippen molar-refractivity contribution in [2.24, 2.45) is 0 Å². The lowest BCUT2D eigenvalue weighted by Gasteiger charge is -2.31. The van der Waals surface area contributed by atoms with E-state index in [9.17, 15) is 9.59 Å². The first-order valence-electron chi connectivity index (χ1n) is 11.4. The molecule has 6 nitrogen and oxygen atoms in total. The van der Waals surface area contributed by atoms with Gasteiger partial charge in [0.15, 0.2) is 5.16 Å². The normalized spacial score (nSPS) is 12.6. The zero-order valence-corrected chi connectivity index (χ0v) is 21.2. The number of para-hydroxylation sites is 2. The Balaban J connectivity index is 1.92. The molecule has 33 heavy (non-hydrogen) atoms. The molecule has 0 aliphatic heterocycles. The fourth-order valence-electron chi connectivity index (χ4n) is 4.02. The smallest absolute Gasteiger partial charge is 0.262 e. The summed E-state index contributed by atoms with van der Waals surface area (Å²) in [5, 5.41) is 0.775. The first kappa shape index (κ1) is 25.0. The summed E-state index contributed by atoms with van der Waals surface area (Å²) < 4.78 is 1.73. The van der Waals surface area contributed by atoms with E-state index in [1.54, 1.807) is 16.5 Å². The quantitative estimate of drug-likeness (QED) is 0.339. The Hall–Kier alpha value is -2.64. The van der Waals surface area contributed by atoms with Crippen molar-refractivity contribution in [3.63, 3.8) is 0 Å². The van der Waals surface area contributed by atoms with Gasteiger partial charge in [-0.3, -0.25) is 19.1 Å². The Labute approximate surface area is 200 Å². The number of carbonyl (C=O) groups excluding carboxylic acids is 1. The molecular formula is C26H34N4O2S. The number of benzene rings is 2. The Morgan fingerprint density at radius 2 is 1.58 bits per heavy atom. The maximum atomic E-state index is 13.4. The molecule has 2 aromatic carbocycles. The van der Waals surface area contributed by atoms with Gasteiger partial charge in [-0.2, -0.15) is 0 Å². The SMILES string of the molecule is CC(Sc1nc2ccccc2c(=O)n1CCN(C(C)C)C(C)C)C(=O)N(C)c1ccccc1. The van der Waals surface area contributed by atoms with Crippen LogP contribution in [-0.4, -0.2) is 51.3 Å². The Bertz CT molecular complexity index is 1140. The van der Waals surface area contributed by atoms with Crippen LogP contribution in [0.4, 0.5) is 5.69 Å². The first-order chi connectivity index (χ1) is 15.7. The zero-order chi connectivity index (χ0) is 24.1. The number of aromatic nitrogens is 2. The predicted molar refractivity (Wildman–Crippen MR) is 138 cm³/mol. The molecule has 0 aliphatic carbocycles. The molecule has 176 valence electrons. The van der Waals surface area contributed by atoms with Crippen LogP contribution in [0.3, 0.4) is 0 Å². The molecule has 1 unspecified atom stereocenters. The van der Waals surface area contributed by atoms with Gasteiger partial charge in [-0.25, -0.2) is 4.98 Å². The van der Waals surface area contributed by atoms with Gasteiger partial charge in [0.1, 0.15) is 0 Å². The van der Waals surface area contributed by atoms with E-state index in [-0.39, 0.29) is 11.5 Å². The average molecular weight is 467 g/mol. The minimum Gasteiger partial charge on any atom is -0.315 e. The van der Waals surface area contributed by atoms with E-state index >= 15 is 0 Å². The van der Waals surface area contributed by atoms with Crippen LogP contribution in [0.5, 0.6) is 0 Å². The van der Waals surface area contributed by atoms with Crippen LogP contribution >= 0.6 is 11.8 Å². The highest BCUT2D eigenvalue weighted by atomic mass is 32.2. The number of hydrogen-bond acceptors (Lipinski definition) is 5. The van der Waals surface area contributed by atoms with Gasteiger partial charge in [0, 0.05) is 37.9 Å². The van der Waals surface area contributed by atoms with Gasteiger partial charge in [0.05, 0.1) is 16.2 Å². The van der Waals surface area contributed by atoms with E-state index in [0.717, 1.165) is 12.2 Å². The van der Waals surface area contributed by atoms with Crippen LogP contribution in [0.15, 0.2) is 64.5 Å². The third kappa shape index (κ3) is 5.84. The Kier molecular flexibility index (Phi) is 8.32. The van der Waals surface area contributed by atoms with Gasteiger partial charge in [-0.05, 0) is 58.9 Å². The molecule has 1 heterocycles. The van der Waals surface area contributed by atoms with Gasteiger partial charge in [-0.15, -0.1) is 0 Å². The fraction of sp³-hybridized carbons (Fsp3) is 0.423. The van der Waals surface area contributed by atoms with Crippen LogP contribution in [0.1, 0.15) is 34.6 Å². The Morgan fingerprint density at radius 1 is 0.970 bits per heavy atom. The molecule has 1 amide bonds.